The van der Waals surface area contributed by atoms with E-state index in [4.69, 9.17) is 10.2 Å². The van der Waals surface area contributed by atoms with Crippen LogP contribution >= 0.6 is 0 Å². The first-order chi connectivity index (χ1) is 6.60. The normalized spacial score (nSPS) is 17.8. The van der Waals surface area contributed by atoms with Crippen molar-refractivity contribution in [1.82, 2.24) is 15.5 Å². The third-order valence-corrected chi connectivity index (χ3v) is 2.43. The molecule has 1 aromatic heterocycles. The number of amides is 1. The van der Waals surface area contributed by atoms with E-state index in [1.54, 1.807) is 0 Å². The smallest absolute Gasteiger partial charge is 0.312 e. The third kappa shape index (κ3) is 1.68. The Morgan fingerprint density at radius 1 is 1.64 bits per heavy atom. The maximum Gasteiger partial charge on any atom is 0.312 e. The molecule has 1 fully saturated rings. The Hall–Kier alpha value is -1.59. The van der Waals surface area contributed by atoms with E-state index in [1.165, 1.54) is 0 Å². The number of nitrogen functional groups attached to an aromatic ring is 1. The first-order valence-corrected chi connectivity index (χ1v) is 4.46. The number of rotatable bonds is 3. The molecule has 14 heavy (non-hydrogen) atoms. The van der Waals surface area contributed by atoms with Gasteiger partial charge in [0.05, 0.1) is 6.54 Å². The monoisotopic (exact) mass is 196 g/mol. The van der Waals surface area contributed by atoms with Crippen molar-refractivity contribution >= 4 is 11.9 Å². The summed E-state index contributed by atoms with van der Waals surface area (Å²) < 4.78 is 4.91. The van der Waals surface area contributed by atoms with E-state index in [0.29, 0.717) is 5.89 Å². The van der Waals surface area contributed by atoms with Crippen LogP contribution in [-0.4, -0.2) is 16.1 Å². The van der Waals surface area contributed by atoms with Crippen molar-refractivity contribution in [3.63, 3.8) is 0 Å². The molecule has 1 aliphatic rings. The summed E-state index contributed by atoms with van der Waals surface area (Å²) in [4.78, 5) is 11.5. The summed E-state index contributed by atoms with van der Waals surface area (Å²) in [5, 5.41) is 9.84. The van der Waals surface area contributed by atoms with Crippen LogP contribution in [0, 0.1) is 5.41 Å². The minimum Gasteiger partial charge on any atom is -0.406 e. The lowest BCUT2D eigenvalue weighted by atomic mass is 10.1. The lowest BCUT2D eigenvalue weighted by Gasteiger charge is -2.06. The van der Waals surface area contributed by atoms with Crippen LogP contribution in [-0.2, 0) is 11.3 Å². The molecule has 0 radical (unpaired) electrons. The molecule has 0 aliphatic heterocycles. The second kappa shape index (κ2) is 2.97. The summed E-state index contributed by atoms with van der Waals surface area (Å²) in [7, 11) is 0. The Kier molecular flexibility index (Phi) is 1.90. The predicted molar refractivity (Wildman–Crippen MR) is 47.9 cm³/mol. The molecule has 0 unspecified atom stereocenters. The zero-order valence-electron chi connectivity index (χ0n) is 7.91. The molecule has 1 aliphatic carbocycles. The molecule has 1 saturated carbocycles. The van der Waals surface area contributed by atoms with E-state index in [-0.39, 0.29) is 23.9 Å². The van der Waals surface area contributed by atoms with Crippen molar-refractivity contribution in [3.05, 3.63) is 5.89 Å². The molecule has 0 aromatic carbocycles. The lowest BCUT2D eigenvalue weighted by molar-refractivity contribution is -0.126. The van der Waals surface area contributed by atoms with Gasteiger partial charge in [-0.25, -0.2) is 0 Å². The number of nitrogens with zero attached hydrogens (tertiary/aromatic N) is 2. The van der Waals surface area contributed by atoms with Gasteiger partial charge in [0.25, 0.3) is 0 Å². The SMILES string of the molecule is CC1(C(=O)NCc2nnc(N)o2)CC1. The molecule has 76 valence electrons. The van der Waals surface area contributed by atoms with Crippen molar-refractivity contribution < 1.29 is 9.21 Å². The van der Waals surface area contributed by atoms with E-state index in [9.17, 15) is 4.79 Å². The number of hydrogen-bond acceptors (Lipinski definition) is 5. The third-order valence-electron chi connectivity index (χ3n) is 2.43. The second-order valence-corrected chi connectivity index (χ2v) is 3.78. The molecule has 1 amide bonds. The maximum atomic E-state index is 11.5. The summed E-state index contributed by atoms with van der Waals surface area (Å²) in [5.41, 5.74) is 5.06. The van der Waals surface area contributed by atoms with Gasteiger partial charge in [-0.3, -0.25) is 4.79 Å². The Balaban J connectivity index is 1.85. The minimum atomic E-state index is -0.175. The average molecular weight is 196 g/mol. The van der Waals surface area contributed by atoms with Crippen LogP contribution in [0.3, 0.4) is 0 Å². The Bertz CT molecular complexity index is 356. The molecule has 1 aromatic rings. The topological polar surface area (TPSA) is 94.0 Å². The number of carbonyl (C=O) groups excluding carboxylic acids is 1. The van der Waals surface area contributed by atoms with E-state index in [0.717, 1.165) is 12.8 Å². The summed E-state index contributed by atoms with van der Waals surface area (Å²) in [6.07, 6.45) is 1.90. The highest BCUT2D eigenvalue weighted by atomic mass is 16.4. The second-order valence-electron chi connectivity index (χ2n) is 3.78. The molecule has 0 atom stereocenters. The van der Waals surface area contributed by atoms with Gasteiger partial charge in [0.2, 0.25) is 11.8 Å². The van der Waals surface area contributed by atoms with Crippen molar-refractivity contribution in [2.24, 2.45) is 5.41 Å². The van der Waals surface area contributed by atoms with Crippen LogP contribution in [0.15, 0.2) is 4.42 Å². The van der Waals surface area contributed by atoms with Gasteiger partial charge in [0, 0.05) is 5.41 Å². The molecule has 0 spiro atoms. The summed E-state index contributed by atoms with van der Waals surface area (Å²) in [6, 6.07) is 0.0203. The highest BCUT2D eigenvalue weighted by molar-refractivity contribution is 5.84. The maximum absolute atomic E-state index is 11.5. The average Bonchev–Trinajstić information content (AvgIpc) is 2.76. The van der Waals surface area contributed by atoms with Crippen LogP contribution in [0.25, 0.3) is 0 Å². The minimum absolute atomic E-state index is 0.0203. The van der Waals surface area contributed by atoms with Crippen LogP contribution in [0.2, 0.25) is 0 Å². The Labute approximate surface area is 80.9 Å². The molecule has 0 saturated heterocycles. The lowest BCUT2D eigenvalue weighted by Crippen LogP contribution is -2.29. The van der Waals surface area contributed by atoms with Gasteiger partial charge in [0.15, 0.2) is 0 Å². The quantitative estimate of drug-likeness (QED) is 0.713. The number of aromatic nitrogens is 2. The zero-order chi connectivity index (χ0) is 10.2. The van der Waals surface area contributed by atoms with Gasteiger partial charge in [-0.2, -0.15) is 0 Å². The highest BCUT2D eigenvalue weighted by Gasteiger charge is 2.44. The number of hydrogen-bond donors (Lipinski definition) is 2. The summed E-state index contributed by atoms with van der Waals surface area (Å²) in [5.74, 6) is 0.370. The Morgan fingerprint density at radius 3 is 2.86 bits per heavy atom. The molecule has 6 heteroatoms. The predicted octanol–water partition coefficient (Wildman–Crippen LogP) is 0.0681. The van der Waals surface area contributed by atoms with Gasteiger partial charge in [-0.05, 0) is 12.8 Å². The van der Waals surface area contributed by atoms with Gasteiger partial charge in [-0.15, -0.1) is 5.10 Å². The molecule has 6 nitrogen and oxygen atoms in total. The highest BCUT2D eigenvalue weighted by Crippen LogP contribution is 2.44. The van der Waals surface area contributed by atoms with E-state index in [2.05, 4.69) is 15.5 Å². The van der Waals surface area contributed by atoms with Gasteiger partial charge in [0.1, 0.15) is 0 Å². The van der Waals surface area contributed by atoms with Crippen molar-refractivity contribution in [3.8, 4) is 0 Å². The molecule has 2 rings (SSSR count). The molecule has 3 N–H and O–H groups in total. The zero-order valence-corrected chi connectivity index (χ0v) is 7.91. The van der Waals surface area contributed by atoms with Gasteiger partial charge >= 0.3 is 6.01 Å². The standard InChI is InChI=1S/C8H12N4O2/c1-8(2-3-8)6(13)10-4-5-11-12-7(9)14-5/h2-4H2,1H3,(H2,9,12)(H,10,13). The molecular formula is C8H12N4O2. The number of anilines is 1. The van der Waals surface area contributed by atoms with Gasteiger partial charge < -0.3 is 15.5 Å². The van der Waals surface area contributed by atoms with Crippen LogP contribution in [0.1, 0.15) is 25.7 Å². The fraction of sp³-hybridized carbons (Fsp3) is 0.625. The number of nitrogens with two attached hydrogens (primary N) is 1. The van der Waals surface area contributed by atoms with Crippen LogP contribution < -0.4 is 11.1 Å². The van der Waals surface area contributed by atoms with Crippen LogP contribution in [0.5, 0.6) is 0 Å². The van der Waals surface area contributed by atoms with E-state index >= 15 is 0 Å². The summed E-state index contributed by atoms with van der Waals surface area (Å²) >= 11 is 0. The van der Waals surface area contributed by atoms with E-state index < -0.39 is 0 Å². The first-order valence-electron chi connectivity index (χ1n) is 4.46. The summed E-state index contributed by atoms with van der Waals surface area (Å²) in [6.45, 7) is 2.18. The Morgan fingerprint density at radius 2 is 2.36 bits per heavy atom. The first kappa shape index (κ1) is 8.98. The van der Waals surface area contributed by atoms with E-state index in [1.807, 2.05) is 6.92 Å². The molecule has 1 heterocycles. The number of carbonyl (C=O) groups is 1. The van der Waals surface area contributed by atoms with Crippen molar-refractivity contribution in [2.45, 2.75) is 26.3 Å². The van der Waals surface area contributed by atoms with Crippen LogP contribution in [0.4, 0.5) is 6.01 Å². The fourth-order valence-corrected chi connectivity index (χ4v) is 1.12. The van der Waals surface area contributed by atoms with Crippen molar-refractivity contribution in [1.29, 1.82) is 0 Å². The fourth-order valence-electron chi connectivity index (χ4n) is 1.12. The number of nitrogens with one attached hydrogen (secondary N) is 1. The van der Waals surface area contributed by atoms with Gasteiger partial charge in [-0.1, -0.05) is 12.0 Å². The largest absolute Gasteiger partial charge is 0.406 e. The molecule has 0 bridgehead atoms. The molecular weight excluding hydrogens is 184 g/mol. The van der Waals surface area contributed by atoms with Crippen molar-refractivity contribution in [2.75, 3.05) is 5.73 Å².